The van der Waals surface area contributed by atoms with Gasteiger partial charge in [-0.25, -0.2) is 15.0 Å². The van der Waals surface area contributed by atoms with E-state index in [1.807, 2.05) is 27.0 Å². The highest BCUT2D eigenvalue weighted by Crippen LogP contribution is 2.16. The molecule has 0 saturated heterocycles. The number of aromatic nitrogens is 6. The number of hydrogen-bond acceptors (Lipinski definition) is 9. The van der Waals surface area contributed by atoms with E-state index in [-0.39, 0.29) is 5.56 Å². The van der Waals surface area contributed by atoms with Crippen LogP contribution in [0.25, 0.3) is 0 Å². The van der Waals surface area contributed by atoms with Crippen LogP contribution >= 0.6 is 0 Å². The lowest BCUT2D eigenvalue weighted by Gasteiger charge is -2.07. The van der Waals surface area contributed by atoms with E-state index >= 15 is 0 Å². The number of anilines is 3. The Morgan fingerprint density at radius 3 is 2.57 bits per heavy atom. The van der Waals surface area contributed by atoms with Crippen molar-refractivity contribution in [1.29, 1.82) is 0 Å². The first-order valence-corrected chi connectivity index (χ1v) is 9.07. The molecule has 3 rings (SSSR count). The summed E-state index contributed by atoms with van der Waals surface area (Å²) in [6.45, 7) is 5.72. The number of nitrogens with zero attached hydrogens (tertiary/aromatic N) is 6. The van der Waals surface area contributed by atoms with Crippen molar-refractivity contribution in [3.05, 3.63) is 64.4 Å². The van der Waals surface area contributed by atoms with Crippen LogP contribution in [-0.2, 0) is 7.05 Å². The van der Waals surface area contributed by atoms with Crippen molar-refractivity contribution in [1.82, 2.24) is 29.7 Å². The molecule has 0 atom stereocenters. The van der Waals surface area contributed by atoms with Crippen molar-refractivity contribution in [2.75, 3.05) is 17.7 Å². The van der Waals surface area contributed by atoms with Gasteiger partial charge in [-0.05, 0) is 26.8 Å². The van der Waals surface area contributed by atoms with Crippen molar-refractivity contribution in [3.63, 3.8) is 0 Å². The second-order valence-electron chi connectivity index (χ2n) is 6.21. The summed E-state index contributed by atoms with van der Waals surface area (Å²) in [6, 6.07) is 3.19. The first-order valence-electron chi connectivity index (χ1n) is 9.07. The largest absolute Gasteiger partial charge is 0.403 e. The standard InChI is InChI=1S/C10H13N5.C9H13N5O/c1-7-4-5-11-10(13-7)14-9-6-12-15(3)8(9)2;1-6(11-2)7(5-10)13-9-12-4-3-8(15)14-9/h4-6H,1-3H3,(H,11,13,14);3-5H,10H2,1-2H3,(H2,12,13,14,15). The van der Waals surface area contributed by atoms with Crippen LogP contribution in [0.4, 0.5) is 17.6 Å². The van der Waals surface area contributed by atoms with Gasteiger partial charge in [-0.3, -0.25) is 19.5 Å². The van der Waals surface area contributed by atoms with Gasteiger partial charge in [0.2, 0.25) is 11.9 Å². The summed E-state index contributed by atoms with van der Waals surface area (Å²) in [6.07, 6.45) is 6.28. The second-order valence-corrected chi connectivity index (χ2v) is 6.21. The van der Waals surface area contributed by atoms with E-state index in [9.17, 15) is 4.79 Å². The van der Waals surface area contributed by atoms with E-state index in [0.717, 1.165) is 22.8 Å². The van der Waals surface area contributed by atoms with Crippen LogP contribution in [0.5, 0.6) is 0 Å². The SMILES string of the molecule is CN=C(C)C(=CN)Nc1nccc(=O)[nH]1.Cc1ccnc(Nc2cnn(C)c2C)n1. The number of nitrogens with one attached hydrogen (secondary N) is 3. The number of hydrogen-bond donors (Lipinski definition) is 4. The van der Waals surface area contributed by atoms with Gasteiger partial charge in [0.1, 0.15) is 0 Å². The minimum absolute atomic E-state index is 0.227. The number of rotatable bonds is 5. The molecule has 3 heterocycles. The van der Waals surface area contributed by atoms with Crippen LogP contribution in [0.15, 0.2) is 52.4 Å². The summed E-state index contributed by atoms with van der Waals surface area (Å²) in [5, 5.41) is 10.1. The molecule has 0 aromatic carbocycles. The highest BCUT2D eigenvalue weighted by atomic mass is 16.1. The zero-order chi connectivity index (χ0) is 22.1. The average Bonchev–Trinajstić information content (AvgIpc) is 3.04. The van der Waals surface area contributed by atoms with Crippen molar-refractivity contribution in [2.45, 2.75) is 20.8 Å². The zero-order valence-corrected chi connectivity index (χ0v) is 17.6. The molecular formula is C19H26N10O. The van der Waals surface area contributed by atoms with Gasteiger partial charge < -0.3 is 16.4 Å². The predicted octanol–water partition coefficient (Wildman–Crippen LogP) is 1.64. The maximum Gasteiger partial charge on any atom is 0.252 e. The molecule has 0 unspecified atom stereocenters. The molecule has 0 saturated carbocycles. The third-order valence-corrected chi connectivity index (χ3v) is 4.09. The minimum Gasteiger partial charge on any atom is -0.403 e. The Hall–Kier alpha value is -4.02. The summed E-state index contributed by atoms with van der Waals surface area (Å²) < 4.78 is 1.80. The fourth-order valence-corrected chi connectivity index (χ4v) is 2.19. The van der Waals surface area contributed by atoms with Gasteiger partial charge in [-0.2, -0.15) is 5.10 Å². The van der Waals surface area contributed by atoms with Crippen LogP contribution < -0.4 is 21.9 Å². The van der Waals surface area contributed by atoms with Crippen LogP contribution in [0, 0.1) is 13.8 Å². The highest BCUT2D eigenvalue weighted by Gasteiger charge is 2.05. The summed E-state index contributed by atoms with van der Waals surface area (Å²) in [4.78, 5) is 29.8. The van der Waals surface area contributed by atoms with Crippen molar-refractivity contribution in [2.24, 2.45) is 17.8 Å². The monoisotopic (exact) mass is 410 g/mol. The Morgan fingerprint density at radius 2 is 2.00 bits per heavy atom. The quantitative estimate of drug-likeness (QED) is 0.463. The van der Waals surface area contributed by atoms with E-state index in [2.05, 4.69) is 40.7 Å². The van der Waals surface area contributed by atoms with Crippen molar-refractivity contribution in [3.8, 4) is 0 Å². The Balaban J connectivity index is 0.000000214. The average molecular weight is 410 g/mol. The molecule has 0 aliphatic rings. The second kappa shape index (κ2) is 10.5. The number of allylic oxidation sites excluding steroid dienone is 1. The lowest BCUT2D eigenvalue weighted by Crippen LogP contribution is -2.15. The predicted molar refractivity (Wildman–Crippen MR) is 118 cm³/mol. The van der Waals surface area contributed by atoms with E-state index in [1.165, 1.54) is 18.5 Å². The van der Waals surface area contributed by atoms with Gasteiger partial charge in [-0.1, -0.05) is 0 Å². The number of aromatic amines is 1. The lowest BCUT2D eigenvalue weighted by molar-refractivity contribution is 0.740. The lowest BCUT2D eigenvalue weighted by atomic mass is 10.3. The summed E-state index contributed by atoms with van der Waals surface area (Å²) >= 11 is 0. The molecule has 0 fully saturated rings. The van der Waals surface area contributed by atoms with Crippen molar-refractivity contribution < 1.29 is 0 Å². The molecule has 0 bridgehead atoms. The number of nitrogens with two attached hydrogens (primary N) is 1. The first kappa shape index (κ1) is 22.3. The zero-order valence-electron chi connectivity index (χ0n) is 17.6. The Morgan fingerprint density at radius 1 is 1.27 bits per heavy atom. The van der Waals surface area contributed by atoms with Gasteiger partial charge in [-0.15, -0.1) is 0 Å². The third-order valence-electron chi connectivity index (χ3n) is 4.09. The molecule has 0 spiro atoms. The number of aliphatic imine (C=N–C) groups is 1. The van der Waals surface area contributed by atoms with Gasteiger partial charge in [0, 0.05) is 44.4 Å². The molecule has 0 aliphatic carbocycles. The van der Waals surface area contributed by atoms with Crippen LogP contribution in [-0.4, -0.2) is 42.5 Å². The Kier molecular flexibility index (Phi) is 7.80. The maximum atomic E-state index is 11.0. The Labute approximate surface area is 174 Å². The molecule has 5 N–H and O–H groups in total. The molecule has 0 amide bonds. The highest BCUT2D eigenvalue weighted by molar-refractivity contribution is 6.00. The van der Waals surface area contributed by atoms with E-state index in [1.54, 1.807) is 31.0 Å². The number of H-pyrrole nitrogens is 1. The van der Waals surface area contributed by atoms with Gasteiger partial charge in [0.05, 0.1) is 29.0 Å². The molecule has 0 aliphatic heterocycles. The molecule has 11 heteroatoms. The van der Waals surface area contributed by atoms with Gasteiger partial charge in [0.15, 0.2) is 0 Å². The molecule has 3 aromatic rings. The summed E-state index contributed by atoms with van der Waals surface area (Å²) in [7, 11) is 3.55. The van der Waals surface area contributed by atoms with Crippen molar-refractivity contribution >= 4 is 23.3 Å². The first-order chi connectivity index (χ1) is 14.3. The Bertz CT molecular complexity index is 1100. The molecule has 0 radical (unpaired) electrons. The van der Waals surface area contributed by atoms with Crippen LogP contribution in [0.2, 0.25) is 0 Å². The normalized spacial score (nSPS) is 11.5. The maximum absolute atomic E-state index is 11.0. The third kappa shape index (κ3) is 6.26. The number of aryl methyl sites for hydroxylation is 2. The van der Waals surface area contributed by atoms with E-state index in [0.29, 0.717) is 17.6 Å². The molecule has 3 aromatic heterocycles. The summed E-state index contributed by atoms with van der Waals surface area (Å²) in [5.74, 6) is 0.938. The van der Waals surface area contributed by atoms with E-state index < -0.39 is 0 Å². The minimum atomic E-state index is -0.227. The molecule has 158 valence electrons. The topological polar surface area (TPSA) is 152 Å². The van der Waals surface area contributed by atoms with Crippen LogP contribution in [0.3, 0.4) is 0 Å². The van der Waals surface area contributed by atoms with Crippen LogP contribution in [0.1, 0.15) is 18.3 Å². The van der Waals surface area contributed by atoms with E-state index in [4.69, 9.17) is 5.73 Å². The molecular weight excluding hydrogens is 384 g/mol. The van der Waals surface area contributed by atoms with Gasteiger partial charge in [0.25, 0.3) is 5.56 Å². The van der Waals surface area contributed by atoms with Gasteiger partial charge >= 0.3 is 0 Å². The molecule has 30 heavy (non-hydrogen) atoms. The smallest absolute Gasteiger partial charge is 0.252 e. The fraction of sp³-hybridized carbons (Fsp3) is 0.263. The summed E-state index contributed by atoms with van der Waals surface area (Å²) in [5.41, 5.74) is 9.44. The molecule has 11 nitrogen and oxygen atoms in total. The fourth-order valence-electron chi connectivity index (χ4n) is 2.19.